The van der Waals surface area contributed by atoms with E-state index in [4.69, 9.17) is 14.0 Å². The Labute approximate surface area is 150 Å². The molecule has 2 heterocycles. The number of hydrogen-bond acceptors (Lipinski definition) is 7. The van der Waals surface area contributed by atoms with Crippen LogP contribution >= 0.6 is 0 Å². The van der Waals surface area contributed by atoms with E-state index in [1.807, 2.05) is 0 Å². The molecule has 10 heteroatoms. The smallest absolute Gasteiger partial charge is 0.246 e. The molecule has 1 aromatic heterocycles. The van der Waals surface area contributed by atoms with Crippen molar-refractivity contribution in [3.63, 3.8) is 0 Å². The molecule has 26 heavy (non-hydrogen) atoms. The van der Waals surface area contributed by atoms with Gasteiger partial charge in [-0.05, 0) is 38.5 Å². The molecule has 0 saturated carbocycles. The largest absolute Gasteiger partial charge is 0.454 e. The zero-order valence-corrected chi connectivity index (χ0v) is 15.3. The normalized spacial score (nSPS) is 14.3. The van der Waals surface area contributed by atoms with Crippen molar-refractivity contribution < 1.29 is 27.2 Å². The number of fused-ring (bicyclic) bond motifs is 1. The summed E-state index contributed by atoms with van der Waals surface area (Å²) in [6.45, 7) is 4.89. The first-order chi connectivity index (χ1) is 12.3. The molecule has 1 atom stereocenters. The van der Waals surface area contributed by atoms with Crippen LogP contribution in [0, 0.1) is 13.8 Å². The average molecular weight is 381 g/mol. The summed E-state index contributed by atoms with van der Waals surface area (Å²) >= 11 is 0. The van der Waals surface area contributed by atoms with Gasteiger partial charge in [0.15, 0.2) is 17.3 Å². The van der Waals surface area contributed by atoms with Crippen LogP contribution in [0.25, 0.3) is 0 Å². The summed E-state index contributed by atoms with van der Waals surface area (Å²) in [6.07, 6.45) is 0. The molecule has 0 fully saturated rings. The van der Waals surface area contributed by atoms with Crippen molar-refractivity contribution in [3.8, 4) is 11.5 Å². The molecule has 140 valence electrons. The first-order valence-corrected chi connectivity index (χ1v) is 9.37. The van der Waals surface area contributed by atoms with E-state index in [0.717, 1.165) is 5.56 Å². The van der Waals surface area contributed by atoms with Crippen LogP contribution in [0.4, 0.5) is 0 Å². The predicted molar refractivity (Wildman–Crippen MR) is 90.2 cm³/mol. The maximum Gasteiger partial charge on any atom is 0.246 e. The Hall–Kier alpha value is -2.59. The van der Waals surface area contributed by atoms with Gasteiger partial charge in [0, 0.05) is 6.54 Å². The van der Waals surface area contributed by atoms with E-state index in [9.17, 15) is 13.2 Å². The average Bonchev–Trinajstić information content (AvgIpc) is 3.17. The lowest BCUT2D eigenvalue weighted by atomic mass is 10.2. The maximum atomic E-state index is 12.4. The highest BCUT2D eigenvalue weighted by molar-refractivity contribution is 7.89. The lowest BCUT2D eigenvalue weighted by Gasteiger charge is -2.14. The molecule has 0 spiro atoms. The molecule has 1 amide bonds. The summed E-state index contributed by atoms with van der Waals surface area (Å²) in [5, 5.41) is 6.31. The number of benzene rings is 1. The summed E-state index contributed by atoms with van der Waals surface area (Å²) < 4.78 is 42.6. The molecule has 0 radical (unpaired) electrons. The standard InChI is InChI=1S/C16H19N3O6S/c1-9-15(11(3)25-18-9)26(21,22)19-10(2)16(20)17-7-12-4-5-13-14(6-12)24-8-23-13/h4-6,10,19H,7-8H2,1-3H3,(H,17,20)/t10-/m0/s1. The van der Waals surface area contributed by atoms with E-state index < -0.39 is 22.0 Å². The van der Waals surface area contributed by atoms with Gasteiger partial charge in [0.1, 0.15) is 10.6 Å². The third-order valence-electron chi connectivity index (χ3n) is 3.87. The van der Waals surface area contributed by atoms with E-state index in [2.05, 4.69) is 15.2 Å². The Kier molecular flexibility index (Phi) is 4.88. The topological polar surface area (TPSA) is 120 Å². The first-order valence-electron chi connectivity index (χ1n) is 7.89. The van der Waals surface area contributed by atoms with E-state index in [1.165, 1.54) is 20.8 Å². The molecular weight excluding hydrogens is 362 g/mol. The monoisotopic (exact) mass is 381 g/mol. The van der Waals surface area contributed by atoms with Gasteiger partial charge in [-0.25, -0.2) is 8.42 Å². The number of ether oxygens (including phenoxy) is 2. The number of rotatable bonds is 6. The molecule has 2 N–H and O–H groups in total. The van der Waals surface area contributed by atoms with Gasteiger partial charge in [-0.2, -0.15) is 4.72 Å². The Bertz CT molecular complexity index is 918. The number of carbonyl (C=O) groups is 1. The highest BCUT2D eigenvalue weighted by atomic mass is 32.2. The Morgan fingerprint density at radius 3 is 2.69 bits per heavy atom. The number of carbonyl (C=O) groups excluding carboxylic acids is 1. The Morgan fingerprint density at radius 1 is 1.27 bits per heavy atom. The molecule has 2 aromatic rings. The van der Waals surface area contributed by atoms with Crippen molar-refractivity contribution in [1.82, 2.24) is 15.2 Å². The van der Waals surface area contributed by atoms with Crippen LogP contribution in [0.3, 0.4) is 0 Å². The number of nitrogens with zero attached hydrogens (tertiary/aromatic N) is 1. The van der Waals surface area contributed by atoms with Gasteiger partial charge in [-0.3, -0.25) is 4.79 Å². The van der Waals surface area contributed by atoms with Crippen LogP contribution in [0.2, 0.25) is 0 Å². The molecule has 0 saturated heterocycles. The number of sulfonamides is 1. The molecule has 0 bridgehead atoms. The van der Waals surface area contributed by atoms with Gasteiger partial charge >= 0.3 is 0 Å². The van der Waals surface area contributed by atoms with Crippen LogP contribution in [0.15, 0.2) is 27.6 Å². The van der Waals surface area contributed by atoms with Gasteiger partial charge in [0.25, 0.3) is 0 Å². The molecule has 0 aliphatic carbocycles. The van der Waals surface area contributed by atoms with E-state index in [1.54, 1.807) is 18.2 Å². The second-order valence-electron chi connectivity index (χ2n) is 5.90. The van der Waals surface area contributed by atoms with Crippen LogP contribution in [-0.2, 0) is 21.4 Å². The highest BCUT2D eigenvalue weighted by Gasteiger charge is 2.28. The lowest BCUT2D eigenvalue weighted by molar-refractivity contribution is -0.122. The van der Waals surface area contributed by atoms with Gasteiger partial charge in [0.2, 0.25) is 22.7 Å². The van der Waals surface area contributed by atoms with E-state index >= 15 is 0 Å². The molecular formula is C16H19N3O6S. The first kappa shape index (κ1) is 18.2. The molecule has 3 rings (SSSR count). The number of hydrogen-bond donors (Lipinski definition) is 2. The summed E-state index contributed by atoms with van der Waals surface area (Å²) in [6, 6.07) is 4.35. The minimum absolute atomic E-state index is 0.0482. The number of aromatic nitrogens is 1. The van der Waals surface area contributed by atoms with Crippen molar-refractivity contribution in [2.75, 3.05) is 6.79 Å². The fourth-order valence-electron chi connectivity index (χ4n) is 2.60. The SMILES string of the molecule is Cc1noc(C)c1S(=O)(=O)N[C@@H](C)C(=O)NCc1ccc2c(c1)OCO2. The molecule has 1 aliphatic heterocycles. The van der Waals surface area contributed by atoms with Crippen molar-refractivity contribution in [1.29, 1.82) is 0 Å². The minimum Gasteiger partial charge on any atom is -0.454 e. The van der Waals surface area contributed by atoms with Crippen LogP contribution in [-0.4, -0.2) is 32.3 Å². The molecule has 0 unspecified atom stereocenters. The quantitative estimate of drug-likeness (QED) is 0.766. The van der Waals surface area contributed by atoms with Crippen molar-refractivity contribution >= 4 is 15.9 Å². The second-order valence-corrected chi connectivity index (χ2v) is 7.55. The van der Waals surface area contributed by atoms with Gasteiger partial charge in [0.05, 0.1) is 6.04 Å². The van der Waals surface area contributed by atoms with Crippen LogP contribution in [0.5, 0.6) is 11.5 Å². The zero-order valence-electron chi connectivity index (χ0n) is 14.5. The fraction of sp³-hybridized carbons (Fsp3) is 0.375. The highest BCUT2D eigenvalue weighted by Crippen LogP contribution is 2.32. The second kappa shape index (κ2) is 6.96. The van der Waals surface area contributed by atoms with Gasteiger partial charge in [-0.15, -0.1) is 0 Å². The summed E-state index contributed by atoms with van der Waals surface area (Å²) in [5.74, 6) is 0.977. The summed E-state index contributed by atoms with van der Waals surface area (Å²) in [5.41, 5.74) is 1.05. The summed E-state index contributed by atoms with van der Waals surface area (Å²) in [4.78, 5) is 12.2. The predicted octanol–water partition coefficient (Wildman–Crippen LogP) is 1.00. The third kappa shape index (κ3) is 3.65. The summed E-state index contributed by atoms with van der Waals surface area (Å²) in [7, 11) is -3.92. The van der Waals surface area contributed by atoms with Crippen LogP contribution in [0.1, 0.15) is 23.9 Å². The van der Waals surface area contributed by atoms with Gasteiger partial charge in [-0.1, -0.05) is 11.2 Å². The maximum absolute atomic E-state index is 12.4. The number of aryl methyl sites for hydroxylation is 2. The van der Waals surface area contributed by atoms with E-state index in [0.29, 0.717) is 11.5 Å². The van der Waals surface area contributed by atoms with Crippen molar-refractivity contribution in [3.05, 3.63) is 35.2 Å². The third-order valence-corrected chi connectivity index (χ3v) is 5.65. The van der Waals surface area contributed by atoms with E-state index in [-0.39, 0.29) is 29.7 Å². The molecule has 1 aromatic carbocycles. The van der Waals surface area contributed by atoms with Gasteiger partial charge < -0.3 is 19.3 Å². The molecule has 9 nitrogen and oxygen atoms in total. The van der Waals surface area contributed by atoms with Crippen molar-refractivity contribution in [2.45, 2.75) is 38.3 Å². The lowest BCUT2D eigenvalue weighted by Crippen LogP contribution is -2.44. The van der Waals surface area contributed by atoms with Crippen LogP contribution < -0.4 is 19.5 Å². The number of nitrogens with one attached hydrogen (secondary N) is 2. The molecule has 1 aliphatic rings. The zero-order chi connectivity index (χ0) is 18.9. The number of amides is 1. The fourth-order valence-corrected chi connectivity index (χ4v) is 4.13. The van der Waals surface area contributed by atoms with Crippen molar-refractivity contribution in [2.24, 2.45) is 0 Å². The Balaban J connectivity index is 1.61. The minimum atomic E-state index is -3.92. The Morgan fingerprint density at radius 2 is 2.00 bits per heavy atom.